The van der Waals surface area contributed by atoms with E-state index in [-0.39, 0.29) is 12.3 Å². The highest BCUT2D eigenvalue weighted by molar-refractivity contribution is 6.07. The maximum Gasteiger partial charge on any atom is 0.325 e. The van der Waals surface area contributed by atoms with Crippen molar-refractivity contribution in [3.05, 3.63) is 34.9 Å². The van der Waals surface area contributed by atoms with Crippen LogP contribution >= 0.6 is 0 Å². The Morgan fingerprint density at radius 2 is 2.00 bits per heavy atom. The summed E-state index contributed by atoms with van der Waals surface area (Å²) in [7, 11) is 1.26. The van der Waals surface area contributed by atoms with Crippen molar-refractivity contribution in [1.29, 1.82) is 0 Å². The molecule has 3 aromatic rings. The third kappa shape index (κ3) is 3.10. The fourth-order valence-corrected chi connectivity index (χ4v) is 2.62. The second-order valence-corrected chi connectivity index (χ2v) is 5.59. The van der Waals surface area contributed by atoms with Gasteiger partial charge in [0.25, 0.3) is 11.6 Å². The maximum absolute atomic E-state index is 12.6. The van der Waals surface area contributed by atoms with Crippen molar-refractivity contribution >= 4 is 23.0 Å². The van der Waals surface area contributed by atoms with E-state index in [1.54, 1.807) is 13.0 Å². The topological polar surface area (TPSA) is 107 Å². The van der Waals surface area contributed by atoms with Crippen LogP contribution in [0.15, 0.2) is 21.1 Å². The number of nitrogens with zero attached hydrogens (tertiary/aromatic N) is 2. The second-order valence-electron chi connectivity index (χ2n) is 5.59. The highest BCUT2D eigenvalue weighted by atomic mass is 16.5. The van der Waals surface area contributed by atoms with E-state index in [1.807, 2.05) is 19.9 Å². The van der Waals surface area contributed by atoms with Gasteiger partial charge >= 0.3 is 5.97 Å². The number of aryl methyl sites for hydroxylation is 3. The molecule has 0 aliphatic carbocycles. The van der Waals surface area contributed by atoms with Crippen molar-refractivity contribution in [3.8, 4) is 11.3 Å². The Morgan fingerprint density at radius 1 is 1.24 bits per heavy atom. The molecule has 130 valence electrons. The number of carbonyl (C=O) groups is 2. The van der Waals surface area contributed by atoms with Gasteiger partial charge in [-0.2, -0.15) is 0 Å². The van der Waals surface area contributed by atoms with Crippen LogP contribution in [0, 0.1) is 20.8 Å². The van der Waals surface area contributed by atoms with Gasteiger partial charge in [0.1, 0.15) is 18.1 Å². The van der Waals surface area contributed by atoms with Gasteiger partial charge in [-0.15, -0.1) is 0 Å². The molecule has 0 aromatic carbocycles. The molecule has 0 saturated carbocycles. The Bertz CT molecular complexity index is 970. The lowest BCUT2D eigenvalue weighted by molar-refractivity contribution is -0.139. The minimum absolute atomic E-state index is 0.233. The van der Waals surface area contributed by atoms with Crippen molar-refractivity contribution in [2.75, 3.05) is 13.7 Å². The number of hydrogen-bond donors (Lipinski definition) is 1. The minimum atomic E-state index is -0.540. The molecule has 1 amide bonds. The summed E-state index contributed by atoms with van der Waals surface area (Å²) < 4.78 is 15.3. The molecular weight excluding hydrogens is 326 g/mol. The number of amides is 1. The van der Waals surface area contributed by atoms with Crippen LogP contribution < -0.4 is 5.32 Å². The van der Waals surface area contributed by atoms with Gasteiger partial charge in [0, 0.05) is 5.56 Å². The average Bonchev–Trinajstić information content (AvgIpc) is 3.13. The maximum atomic E-state index is 12.6. The van der Waals surface area contributed by atoms with Gasteiger partial charge in [-0.1, -0.05) is 5.16 Å². The van der Waals surface area contributed by atoms with Crippen LogP contribution in [0.25, 0.3) is 22.4 Å². The minimum Gasteiger partial charge on any atom is -0.468 e. The Labute approximate surface area is 143 Å². The molecule has 1 N–H and O–H groups in total. The van der Waals surface area contributed by atoms with Crippen LogP contribution in [0.2, 0.25) is 0 Å². The normalized spacial score (nSPS) is 10.9. The lowest BCUT2D eigenvalue weighted by Crippen LogP contribution is -2.30. The molecule has 8 nitrogen and oxygen atoms in total. The first-order valence-corrected chi connectivity index (χ1v) is 7.60. The van der Waals surface area contributed by atoms with E-state index in [0.717, 1.165) is 11.3 Å². The molecule has 0 aliphatic rings. The summed E-state index contributed by atoms with van der Waals surface area (Å²) in [6.45, 7) is 5.13. The monoisotopic (exact) mass is 343 g/mol. The van der Waals surface area contributed by atoms with Gasteiger partial charge in [-0.05, 0) is 32.9 Å². The third-order valence-corrected chi connectivity index (χ3v) is 3.80. The molecule has 0 saturated heterocycles. The summed E-state index contributed by atoms with van der Waals surface area (Å²) >= 11 is 0. The first-order chi connectivity index (χ1) is 11.9. The summed E-state index contributed by atoms with van der Waals surface area (Å²) in [5.41, 5.74) is 2.39. The predicted molar refractivity (Wildman–Crippen MR) is 88.1 cm³/mol. The van der Waals surface area contributed by atoms with E-state index in [0.29, 0.717) is 28.1 Å². The molecule has 25 heavy (non-hydrogen) atoms. The van der Waals surface area contributed by atoms with Crippen LogP contribution in [-0.2, 0) is 9.53 Å². The van der Waals surface area contributed by atoms with Crippen molar-refractivity contribution in [2.24, 2.45) is 0 Å². The largest absolute Gasteiger partial charge is 0.468 e. The summed E-state index contributed by atoms with van der Waals surface area (Å²) in [5, 5.41) is 6.91. The summed E-state index contributed by atoms with van der Waals surface area (Å²) in [5.74, 6) is 0.437. The first-order valence-electron chi connectivity index (χ1n) is 7.60. The molecule has 0 spiro atoms. The fraction of sp³-hybridized carbons (Fsp3) is 0.294. The average molecular weight is 343 g/mol. The SMILES string of the molecule is COC(=O)CNC(=O)c1cc(-c2cc(C)oc2C)nc2onc(C)c12. The number of methoxy groups -OCH3 is 1. The number of esters is 1. The van der Waals surface area contributed by atoms with Gasteiger partial charge in [0.05, 0.1) is 29.4 Å². The van der Waals surface area contributed by atoms with Gasteiger partial charge < -0.3 is 19.0 Å². The van der Waals surface area contributed by atoms with Crippen molar-refractivity contribution < 1.29 is 23.3 Å². The zero-order valence-corrected chi connectivity index (χ0v) is 14.3. The van der Waals surface area contributed by atoms with E-state index < -0.39 is 11.9 Å². The predicted octanol–water partition coefficient (Wildman–Crippen LogP) is 2.31. The highest BCUT2D eigenvalue weighted by Gasteiger charge is 2.21. The zero-order chi connectivity index (χ0) is 18.1. The summed E-state index contributed by atoms with van der Waals surface area (Å²) in [6.07, 6.45) is 0. The van der Waals surface area contributed by atoms with Crippen LogP contribution in [0.1, 0.15) is 27.6 Å². The molecule has 3 aromatic heterocycles. The van der Waals surface area contributed by atoms with Crippen LogP contribution in [0.4, 0.5) is 0 Å². The molecule has 0 unspecified atom stereocenters. The molecule has 8 heteroatoms. The van der Waals surface area contributed by atoms with Crippen LogP contribution in [0.3, 0.4) is 0 Å². The summed E-state index contributed by atoms with van der Waals surface area (Å²) in [4.78, 5) is 28.3. The number of hydrogen-bond acceptors (Lipinski definition) is 7. The third-order valence-electron chi connectivity index (χ3n) is 3.80. The Kier molecular flexibility index (Phi) is 4.26. The number of pyridine rings is 1. The molecule has 3 heterocycles. The van der Waals surface area contributed by atoms with Crippen molar-refractivity contribution in [3.63, 3.8) is 0 Å². The lowest BCUT2D eigenvalue weighted by Gasteiger charge is -2.07. The number of fused-ring (bicyclic) bond motifs is 1. The smallest absolute Gasteiger partial charge is 0.325 e. The first kappa shape index (κ1) is 16.7. The zero-order valence-electron chi connectivity index (χ0n) is 14.3. The van der Waals surface area contributed by atoms with Gasteiger partial charge in [0.2, 0.25) is 0 Å². The number of ether oxygens (including phenoxy) is 1. The van der Waals surface area contributed by atoms with Crippen molar-refractivity contribution in [1.82, 2.24) is 15.5 Å². The quantitative estimate of drug-likeness (QED) is 0.724. The number of rotatable bonds is 4. The van der Waals surface area contributed by atoms with E-state index in [4.69, 9.17) is 8.94 Å². The van der Waals surface area contributed by atoms with E-state index in [2.05, 4.69) is 20.2 Å². The van der Waals surface area contributed by atoms with Crippen LogP contribution in [0.5, 0.6) is 0 Å². The number of aromatic nitrogens is 2. The Balaban J connectivity index is 2.09. The van der Waals surface area contributed by atoms with Crippen molar-refractivity contribution in [2.45, 2.75) is 20.8 Å². The van der Waals surface area contributed by atoms with Crippen LogP contribution in [-0.4, -0.2) is 35.7 Å². The second kappa shape index (κ2) is 6.39. The van der Waals surface area contributed by atoms with Gasteiger partial charge in [-0.25, -0.2) is 4.98 Å². The van der Waals surface area contributed by atoms with E-state index >= 15 is 0 Å². The number of furan rings is 1. The molecule has 0 bridgehead atoms. The molecule has 0 atom stereocenters. The molecule has 0 radical (unpaired) electrons. The lowest BCUT2D eigenvalue weighted by atomic mass is 10.1. The molecule has 0 fully saturated rings. The van der Waals surface area contributed by atoms with E-state index in [1.165, 1.54) is 7.11 Å². The standard InChI is InChI=1S/C17H17N3O5/c1-8-5-11(10(3)24-8)13-6-12(16(22)18-7-14(21)23-4)15-9(2)20-25-17(15)19-13/h5-6H,7H2,1-4H3,(H,18,22). The Morgan fingerprint density at radius 3 is 2.64 bits per heavy atom. The van der Waals surface area contributed by atoms with Gasteiger partial charge in [0.15, 0.2) is 0 Å². The molecule has 0 aliphatic heterocycles. The number of carbonyl (C=O) groups excluding carboxylic acids is 2. The molecule has 3 rings (SSSR count). The number of nitrogens with one attached hydrogen (secondary N) is 1. The van der Waals surface area contributed by atoms with E-state index in [9.17, 15) is 9.59 Å². The highest BCUT2D eigenvalue weighted by Crippen LogP contribution is 2.30. The Hall–Kier alpha value is -3.16. The fourth-order valence-electron chi connectivity index (χ4n) is 2.62. The van der Waals surface area contributed by atoms with Gasteiger partial charge in [-0.3, -0.25) is 9.59 Å². The summed E-state index contributed by atoms with van der Waals surface area (Å²) in [6, 6.07) is 3.47. The molecular formula is C17H17N3O5.